The summed E-state index contributed by atoms with van der Waals surface area (Å²) in [7, 11) is 0. The summed E-state index contributed by atoms with van der Waals surface area (Å²) in [5.41, 5.74) is 4.80. The Morgan fingerprint density at radius 2 is 1.90 bits per heavy atom. The van der Waals surface area contributed by atoms with E-state index in [9.17, 15) is 18.0 Å². The summed E-state index contributed by atoms with van der Waals surface area (Å²) >= 11 is 1.12. The fourth-order valence-corrected chi connectivity index (χ4v) is 2.99. The monoisotopic (exact) mass is 315 g/mol. The quantitative estimate of drug-likeness (QED) is 0.909. The maximum atomic E-state index is 13.0. The minimum Gasteiger partial charge on any atom is -0.480 e. The summed E-state index contributed by atoms with van der Waals surface area (Å²) in [6.45, 7) is 0. The van der Waals surface area contributed by atoms with Crippen molar-refractivity contribution in [3.63, 3.8) is 0 Å². The van der Waals surface area contributed by atoms with E-state index in [2.05, 4.69) is 0 Å². The van der Waals surface area contributed by atoms with Gasteiger partial charge in [-0.3, -0.25) is 4.79 Å². The van der Waals surface area contributed by atoms with Crippen LogP contribution in [0.5, 0.6) is 0 Å². The van der Waals surface area contributed by atoms with Gasteiger partial charge in [-0.15, -0.1) is 11.3 Å². The van der Waals surface area contributed by atoms with E-state index in [-0.39, 0.29) is 12.0 Å². The molecule has 0 aliphatic heterocycles. The van der Waals surface area contributed by atoms with Crippen molar-refractivity contribution in [1.29, 1.82) is 0 Å². The molecule has 3 nitrogen and oxygen atoms in total. The first-order valence-corrected chi connectivity index (χ1v) is 6.84. The van der Waals surface area contributed by atoms with Gasteiger partial charge in [0.2, 0.25) is 0 Å². The summed E-state index contributed by atoms with van der Waals surface area (Å²) < 4.78 is 38.9. The number of hydrogen-bond acceptors (Lipinski definition) is 3. The van der Waals surface area contributed by atoms with Gasteiger partial charge in [-0.05, 0) is 18.2 Å². The lowest BCUT2D eigenvalue weighted by Gasteiger charge is -2.11. The van der Waals surface area contributed by atoms with Crippen molar-refractivity contribution in [2.75, 3.05) is 0 Å². The van der Waals surface area contributed by atoms with Gasteiger partial charge in [-0.2, -0.15) is 13.2 Å². The normalized spacial score (nSPS) is 13.1. The molecule has 0 saturated carbocycles. The lowest BCUT2D eigenvalue weighted by atomic mass is 10.1. The van der Waals surface area contributed by atoms with Crippen LogP contribution in [0.2, 0.25) is 0 Å². The molecule has 0 aliphatic carbocycles. The zero-order valence-corrected chi connectivity index (χ0v) is 11.5. The second kappa shape index (κ2) is 5.87. The highest BCUT2D eigenvalue weighted by molar-refractivity contribution is 7.15. The van der Waals surface area contributed by atoms with Crippen LogP contribution in [-0.4, -0.2) is 17.1 Å². The lowest BCUT2D eigenvalue weighted by molar-refractivity contribution is -0.138. The smallest absolute Gasteiger partial charge is 0.417 e. The van der Waals surface area contributed by atoms with E-state index in [0.717, 1.165) is 17.4 Å². The highest BCUT2D eigenvalue weighted by atomic mass is 32.1. The summed E-state index contributed by atoms with van der Waals surface area (Å²) in [4.78, 5) is 11.8. The van der Waals surface area contributed by atoms with E-state index in [0.29, 0.717) is 9.75 Å². The average Bonchev–Trinajstić information content (AvgIpc) is 2.86. The molecular weight excluding hydrogens is 303 g/mol. The van der Waals surface area contributed by atoms with Crippen molar-refractivity contribution in [3.8, 4) is 10.4 Å². The molecule has 1 heterocycles. The van der Waals surface area contributed by atoms with Gasteiger partial charge in [-0.25, -0.2) is 0 Å². The molecule has 0 fully saturated rings. The Bertz CT molecular complexity index is 652. The molecule has 2 aromatic rings. The molecule has 1 aromatic heterocycles. The molecule has 1 atom stereocenters. The van der Waals surface area contributed by atoms with Crippen LogP contribution in [0.4, 0.5) is 13.2 Å². The number of benzene rings is 1. The third kappa shape index (κ3) is 3.62. The first kappa shape index (κ1) is 15.5. The number of thiophene rings is 1. The van der Waals surface area contributed by atoms with E-state index in [1.807, 2.05) is 0 Å². The Kier molecular flexibility index (Phi) is 4.34. The lowest BCUT2D eigenvalue weighted by Crippen LogP contribution is -2.31. The Hall–Kier alpha value is -1.86. The van der Waals surface area contributed by atoms with Crippen LogP contribution in [0.15, 0.2) is 36.4 Å². The van der Waals surface area contributed by atoms with E-state index in [1.54, 1.807) is 12.1 Å². The molecule has 3 N–H and O–H groups in total. The van der Waals surface area contributed by atoms with Crippen LogP contribution in [-0.2, 0) is 17.4 Å². The van der Waals surface area contributed by atoms with Crippen molar-refractivity contribution in [2.24, 2.45) is 5.73 Å². The van der Waals surface area contributed by atoms with Gasteiger partial charge in [0.15, 0.2) is 0 Å². The van der Waals surface area contributed by atoms with E-state index in [4.69, 9.17) is 10.8 Å². The minimum atomic E-state index is -4.43. The van der Waals surface area contributed by atoms with E-state index >= 15 is 0 Å². The molecule has 7 heteroatoms. The van der Waals surface area contributed by atoms with Gasteiger partial charge >= 0.3 is 12.1 Å². The number of rotatable bonds is 4. The van der Waals surface area contributed by atoms with Crippen molar-refractivity contribution in [3.05, 3.63) is 46.8 Å². The number of nitrogens with two attached hydrogens (primary N) is 1. The van der Waals surface area contributed by atoms with Crippen LogP contribution in [0.25, 0.3) is 10.4 Å². The second-order valence-electron chi connectivity index (χ2n) is 4.46. The minimum absolute atomic E-state index is 0.0881. The van der Waals surface area contributed by atoms with Crippen molar-refractivity contribution in [1.82, 2.24) is 0 Å². The molecular formula is C14H12F3NO2S. The van der Waals surface area contributed by atoms with Crippen molar-refractivity contribution >= 4 is 17.3 Å². The number of alkyl halides is 3. The van der Waals surface area contributed by atoms with Gasteiger partial charge in [-0.1, -0.05) is 18.2 Å². The number of aliphatic carboxylic acids is 1. The summed E-state index contributed by atoms with van der Waals surface area (Å²) in [6.07, 6.45) is -4.34. The van der Waals surface area contributed by atoms with Crippen LogP contribution in [0, 0.1) is 0 Å². The van der Waals surface area contributed by atoms with Crippen LogP contribution in [0.1, 0.15) is 10.4 Å². The van der Waals surface area contributed by atoms with Crippen molar-refractivity contribution in [2.45, 2.75) is 18.6 Å². The fourth-order valence-electron chi connectivity index (χ4n) is 1.88. The maximum Gasteiger partial charge on any atom is 0.417 e. The topological polar surface area (TPSA) is 63.3 Å². The number of carbonyl (C=O) groups is 1. The molecule has 0 amide bonds. The highest BCUT2D eigenvalue weighted by Crippen LogP contribution is 2.39. The summed E-state index contributed by atoms with van der Waals surface area (Å²) in [5, 5.41) is 8.75. The zero-order chi connectivity index (χ0) is 15.6. The molecule has 1 aromatic carbocycles. The van der Waals surface area contributed by atoms with E-state index in [1.165, 1.54) is 18.2 Å². The Morgan fingerprint density at radius 1 is 1.24 bits per heavy atom. The van der Waals surface area contributed by atoms with Crippen LogP contribution in [0.3, 0.4) is 0 Å². The number of hydrogen-bond donors (Lipinski definition) is 2. The highest BCUT2D eigenvalue weighted by Gasteiger charge is 2.33. The molecule has 21 heavy (non-hydrogen) atoms. The first-order chi connectivity index (χ1) is 9.79. The molecule has 1 unspecified atom stereocenters. The van der Waals surface area contributed by atoms with Gasteiger partial charge in [0.1, 0.15) is 6.04 Å². The third-order valence-electron chi connectivity index (χ3n) is 2.90. The molecule has 0 saturated heterocycles. The SMILES string of the molecule is NC(Cc1ccc(-c2ccccc2C(F)(F)F)s1)C(=O)O. The zero-order valence-electron chi connectivity index (χ0n) is 10.7. The third-order valence-corrected chi connectivity index (χ3v) is 4.04. The summed E-state index contributed by atoms with van der Waals surface area (Å²) in [6, 6.07) is 7.39. The fraction of sp³-hybridized carbons (Fsp3) is 0.214. The molecule has 0 aliphatic rings. The van der Waals surface area contributed by atoms with Gasteiger partial charge in [0.05, 0.1) is 5.56 Å². The van der Waals surface area contributed by atoms with Crippen LogP contribution >= 0.6 is 11.3 Å². The second-order valence-corrected chi connectivity index (χ2v) is 5.63. The Balaban J connectivity index is 2.33. The predicted octanol–water partition coefficient (Wildman–Crippen LogP) is 3.39. The summed E-state index contributed by atoms with van der Waals surface area (Å²) in [5.74, 6) is -1.14. The van der Waals surface area contributed by atoms with Gasteiger partial charge < -0.3 is 10.8 Å². The maximum absolute atomic E-state index is 13.0. The number of carboxylic acid groups (broad SMARTS) is 1. The number of carboxylic acids is 1. The largest absolute Gasteiger partial charge is 0.480 e. The Labute approximate surface area is 122 Å². The average molecular weight is 315 g/mol. The standard InChI is InChI=1S/C14H12F3NO2S/c15-14(16,17)10-4-2-1-3-9(10)12-6-5-8(21-12)7-11(18)13(19)20/h1-6,11H,7,18H2,(H,19,20). The molecule has 112 valence electrons. The molecule has 2 rings (SSSR count). The van der Waals surface area contributed by atoms with Gasteiger partial charge in [0.25, 0.3) is 0 Å². The molecule has 0 spiro atoms. The molecule has 0 radical (unpaired) electrons. The van der Waals surface area contributed by atoms with Crippen molar-refractivity contribution < 1.29 is 23.1 Å². The van der Waals surface area contributed by atoms with Gasteiger partial charge in [0, 0.05) is 21.7 Å². The number of halogens is 3. The Morgan fingerprint density at radius 3 is 2.52 bits per heavy atom. The van der Waals surface area contributed by atoms with E-state index < -0.39 is 23.8 Å². The predicted molar refractivity (Wildman–Crippen MR) is 74.1 cm³/mol. The van der Waals surface area contributed by atoms with Crippen LogP contribution < -0.4 is 5.73 Å². The first-order valence-electron chi connectivity index (χ1n) is 6.02. The molecule has 0 bridgehead atoms.